The second-order valence-corrected chi connectivity index (χ2v) is 6.52. The highest BCUT2D eigenvalue weighted by atomic mass is 127. The summed E-state index contributed by atoms with van der Waals surface area (Å²) in [6.07, 6.45) is 0. The van der Waals surface area contributed by atoms with Crippen molar-refractivity contribution in [3.63, 3.8) is 0 Å². The van der Waals surface area contributed by atoms with Crippen LogP contribution in [-0.2, 0) is 0 Å². The first-order chi connectivity index (χ1) is 8.19. The van der Waals surface area contributed by atoms with Crippen molar-refractivity contribution >= 4 is 50.3 Å². The highest BCUT2D eigenvalue weighted by Gasteiger charge is 2.01. The Labute approximate surface area is 127 Å². The zero-order chi connectivity index (χ0) is 12.3. The molecular weight excluding hydrogens is 411 g/mol. The number of hydrogen-bond acceptors (Lipinski definition) is 2. The highest BCUT2D eigenvalue weighted by molar-refractivity contribution is 14.1. The van der Waals surface area contributed by atoms with Crippen LogP contribution in [0.1, 0.15) is 0 Å². The molecule has 0 fully saturated rings. The van der Waals surface area contributed by atoms with Gasteiger partial charge in [-0.15, -0.1) is 0 Å². The second kappa shape index (κ2) is 6.11. The Hall–Kier alpha value is -0.200. The van der Waals surface area contributed by atoms with Crippen LogP contribution in [0.25, 0.3) is 0 Å². The molecule has 2 aromatic rings. The van der Waals surface area contributed by atoms with Gasteiger partial charge in [0, 0.05) is 17.8 Å². The lowest BCUT2D eigenvalue weighted by molar-refractivity contribution is 0.414. The summed E-state index contributed by atoms with van der Waals surface area (Å²) in [5.74, 6) is 0.889. The van der Waals surface area contributed by atoms with Gasteiger partial charge in [0.05, 0.1) is 7.11 Å². The van der Waals surface area contributed by atoms with Gasteiger partial charge in [0.15, 0.2) is 0 Å². The Morgan fingerprint density at radius 3 is 2.29 bits per heavy atom. The largest absolute Gasteiger partial charge is 0.497 e. The summed E-state index contributed by atoms with van der Waals surface area (Å²) in [4.78, 5) is 2.45. The molecule has 0 aliphatic rings. The zero-order valence-corrected chi connectivity index (χ0v) is 13.7. The molecule has 0 aliphatic carbocycles. The molecular formula is C13H10BrIOS. The molecule has 1 nitrogen and oxygen atoms in total. The average Bonchev–Trinajstić information content (AvgIpc) is 2.35. The summed E-state index contributed by atoms with van der Waals surface area (Å²) in [5.41, 5.74) is 0. The van der Waals surface area contributed by atoms with Crippen LogP contribution in [0.4, 0.5) is 0 Å². The van der Waals surface area contributed by atoms with Gasteiger partial charge >= 0.3 is 0 Å². The van der Waals surface area contributed by atoms with E-state index in [-0.39, 0.29) is 0 Å². The van der Waals surface area contributed by atoms with Gasteiger partial charge in [-0.25, -0.2) is 0 Å². The van der Waals surface area contributed by atoms with Crippen molar-refractivity contribution in [1.82, 2.24) is 0 Å². The van der Waals surface area contributed by atoms with Crippen molar-refractivity contribution in [1.29, 1.82) is 0 Å². The van der Waals surface area contributed by atoms with Crippen LogP contribution < -0.4 is 4.74 Å². The summed E-state index contributed by atoms with van der Waals surface area (Å²) in [7, 11) is 1.68. The number of methoxy groups -OCH3 is 1. The van der Waals surface area contributed by atoms with Gasteiger partial charge in [0.1, 0.15) is 5.75 Å². The molecule has 0 atom stereocenters. The van der Waals surface area contributed by atoms with Crippen LogP contribution in [-0.4, -0.2) is 7.11 Å². The Kier molecular flexibility index (Phi) is 4.76. The first-order valence-corrected chi connectivity index (χ1v) is 7.65. The van der Waals surface area contributed by atoms with Gasteiger partial charge in [-0.1, -0.05) is 11.8 Å². The Morgan fingerprint density at radius 2 is 1.71 bits per heavy atom. The van der Waals surface area contributed by atoms with E-state index in [1.165, 1.54) is 13.4 Å². The van der Waals surface area contributed by atoms with Gasteiger partial charge in [0.2, 0.25) is 0 Å². The standard InChI is InChI=1S/C13H10BrIOS/c1-16-9-2-4-10(5-3-9)17-11-6-7-12(14)13(15)8-11/h2-8H,1H3. The lowest BCUT2D eigenvalue weighted by Gasteiger charge is -2.04. The van der Waals surface area contributed by atoms with E-state index in [2.05, 4.69) is 68.9 Å². The smallest absolute Gasteiger partial charge is 0.118 e. The van der Waals surface area contributed by atoms with Gasteiger partial charge in [-0.3, -0.25) is 0 Å². The van der Waals surface area contributed by atoms with E-state index in [1.807, 2.05) is 12.1 Å². The molecule has 2 aromatic carbocycles. The fourth-order valence-electron chi connectivity index (χ4n) is 1.32. The summed E-state index contributed by atoms with van der Waals surface area (Å²) in [5, 5.41) is 0. The molecule has 0 bridgehead atoms. The number of hydrogen-bond donors (Lipinski definition) is 0. The van der Waals surface area contributed by atoms with Crippen LogP contribution in [0.2, 0.25) is 0 Å². The van der Waals surface area contributed by atoms with Crippen LogP contribution >= 0.6 is 50.3 Å². The van der Waals surface area contributed by atoms with E-state index in [4.69, 9.17) is 4.74 Å². The van der Waals surface area contributed by atoms with Crippen LogP contribution in [0.3, 0.4) is 0 Å². The Bertz CT molecular complexity index is 513. The molecule has 0 spiro atoms. The summed E-state index contributed by atoms with van der Waals surface area (Å²) >= 11 is 7.57. The molecule has 0 aromatic heterocycles. The second-order valence-electron chi connectivity index (χ2n) is 3.35. The minimum absolute atomic E-state index is 0.889. The van der Waals surface area contributed by atoms with Crippen molar-refractivity contribution in [3.8, 4) is 5.75 Å². The molecule has 4 heteroatoms. The number of ether oxygens (including phenoxy) is 1. The maximum Gasteiger partial charge on any atom is 0.118 e. The number of benzene rings is 2. The van der Waals surface area contributed by atoms with Gasteiger partial charge in [-0.05, 0) is 81.0 Å². The molecule has 17 heavy (non-hydrogen) atoms. The molecule has 0 aliphatic heterocycles. The summed E-state index contributed by atoms with van der Waals surface area (Å²) < 4.78 is 7.50. The molecule has 0 radical (unpaired) electrons. The zero-order valence-electron chi connectivity index (χ0n) is 9.11. The Morgan fingerprint density at radius 1 is 1.06 bits per heavy atom. The fraction of sp³-hybridized carbons (Fsp3) is 0.0769. The van der Waals surface area contributed by atoms with Crippen LogP contribution in [0.15, 0.2) is 56.7 Å². The van der Waals surface area contributed by atoms with Crippen LogP contribution in [0.5, 0.6) is 5.75 Å². The van der Waals surface area contributed by atoms with Crippen molar-refractivity contribution < 1.29 is 4.74 Å². The third kappa shape index (κ3) is 3.63. The lowest BCUT2D eigenvalue weighted by Crippen LogP contribution is -1.82. The molecule has 0 N–H and O–H groups in total. The SMILES string of the molecule is COc1ccc(Sc2ccc(Br)c(I)c2)cc1. The predicted octanol–water partition coefficient (Wildman–Crippen LogP) is 5.21. The molecule has 0 amide bonds. The maximum atomic E-state index is 5.14. The van der Waals surface area contributed by atoms with E-state index >= 15 is 0 Å². The highest BCUT2D eigenvalue weighted by Crippen LogP contribution is 2.31. The van der Waals surface area contributed by atoms with E-state index in [9.17, 15) is 0 Å². The van der Waals surface area contributed by atoms with Crippen molar-refractivity contribution in [2.75, 3.05) is 7.11 Å². The molecule has 88 valence electrons. The first kappa shape index (κ1) is 13.2. The van der Waals surface area contributed by atoms with E-state index < -0.39 is 0 Å². The fourth-order valence-corrected chi connectivity index (χ4v) is 3.15. The predicted molar refractivity (Wildman–Crippen MR) is 84.0 cm³/mol. The topological polar surface area (TPSA) is 9.23 Å². The quantitative estimate of drug-likeness (QED) is 0.630. The van der Waals surface area contributed by atoms with Gasteiger partial charge < -0.3 is 4.74 Å². The molecule has 0 saturated heterocycles. The maximum absolute atomic E-state index is 5.14. The number of halogens is 2. The van der Waals surface area contributed by atoms with Crippen molar-refractivity contribution in [2.45, 2.75) is 9.79 Å². The van der Waals surface area contributed by atoms with Crippen molar-refractivity contribution in [2.24, 2.45) is 0 Å². The average molecular weight is 421 g/mol. The normalized spacial score (nSPS) is 10.3. The monoisotopic (exact) mass is 420 g/mol. The summed E-state index contributed by atoms with van der Waals surface area (Å²) in [6.45, 7) is 0. The summed E-state index contributed by atoms with van der Waals surface area (Å²) in [6, 6.07) is 14.4. The van der Waals surface area contributed by atoms with Gasteiger partial charge in [-0.2, -0.15) is 0 Å². The third-order valence-corrected chi connectivity index (χ3v) is 5.51. The van der Waals surface area contributed by atoms with E-state index in [1.54, 1.807) is 18.9 Å². The van der Waals surface area contributed by atoms with Crippen molar-refractivity contribution in [3.05, 3.63) is 50.5 Å². The molecule has 2 rings (SSSR count). The Balaban J connectivity index is 2.16. The minimum atomic E-state index is 0.889. The van der Waals surface area contributed by atoms with Gasteiger partial charge in [0.25, 0.3) is 0 Å². The molecule has 0 heterocycles. The lowest BCUT2D eigenvalue weighted by atomic mass is 10.3. The van der Waals surface area contributed by atoms with E-state index in [0.717, 1.165) is 10.2 Å². The van der Waals surface area contributed by atoms with Crippen LogP contribution in [0, 0.1) is 3.57 Å². The third-order valence-electron chi connectivity index (χ3n) is 2.19. The molecule has 0 saturated carbocycles. The molecule has 0 unspecified atom stereocenters. The number of rotatable bonds is 3. The minimum Gasteiger partial charge on any atom is -0.497 e. The first-order valence-electron chi connectivity index (χ1n) is 4.96. The van der Waals surface area contributed by atoms with E-state index in [0.29, 0.717) is 0 Å².